The van der Waals surface area contributed by atoms with Gasteiger partial charge in [-0.15, -0.1) is 16.4 Å². The van der Waals surface area contributed by atoms with Gasteiger partial charge in [-0.05, 0) is 12.8 Å². The Bertz CT molecular complexity index is 293. The largest absolute Gasteiger partial charge is 0.265 e. The molecule has 2 heterocycles. The fraction of sp³-hybridized carbons (Fsp3) is 0.250. The standard InChI is InChI=1S/C8H9N4S/c1(2-7-4-10-12-11-7)3-8-5-13-6-9-8/h3-6H,1-2H2,(H,10,11,12). The first kappa shape index (κ1) is 8.37. The zero-order valence-electron chi connectivity index (χ0n) is 6.97. The van der Waals surface area contributed by atoms with Crippen LogP contribution in [0.25, 0.3) is 0 Å². The van der Waals surface area contributed by atoms with E-state index in [2.05, 4.69) is 26.8 Å². The van der Waals surface area contributed by atoms with Crippen LogP contribution in [0.2, 0.25) is 0 Å². The summed E-state index contributed by atoms with van der Waals surface area (Å²) in [6, 6.07) is 0. The highest BCUT2D eigenvalue weighted by atomic mass is 32.1. The Balaban J connectivity index is 1.76. The van der Waals surface area contributed by atoms with Crippen LogP contribution in [-0.4, -0.2) is 20.4 Å². The van der Waals surface area contributed by atoms with Crippen LogP contribution in [0.5, 0.6) is 0 Å². The summed E-state index contributed by atoms with van der Waals surface area (Å²) >= 11 is 1.61. The van der Waals surface area contributed by atoms with Crippen LogP contribution >= 0.6 is 11.3 Å². The molecule has 0 aliphatic carbocycles. The highest BCUT2D eigenvalue weighted by Gasteiger charge is 1.98. The number of rotatable bonds is 4. The van der Waals surface area contributed by atoms with Crippen molar-refractivity contribution in [1.82, 2.24) is 20.4 Å². The minimum absolute atomic E-state index is 0.911. The Labute approximate surface area is 80.0 Å². The van der Waals surface area contributed by atoms with Crippen LogP contribution in [-0.2, 0) is 6.42 Å². The van der Waals surface area contributed by atoms with E-state index in [1.807, 2.05) is 17.1 Å². The third-order valence-electron chi connectivity index (χ3n) is 1.67. The van der Waals surface area contributed by atoms with E-state index in [1.54, 1.807) is 11.3 Å². The Morgan fingerprint density at radius 3 is 3.23 bits per heavy atom. The van der Waals surface area contributed by atoms with Crippen LogP contribution in [0.15, 0.2) is 17.1 Å². The number of aromatic nitrogens is 4. The third-order valence-corrected chi connectivity index (χ3v) is 2.28. The molecule has 0 amide bonds. The zero-order valence-corrected chi connectivity index (χ0v) is 7.79. The SMILES string of the molecule is [CH](CCc1c[nH]nn1)c1cscn1. The number of hydrogen-bond acceptors (Lipinski definition) is 4. The molecule has 2 rings (SSSR count). The molecule has 0 aliphatic heterocycles. The van der Waals surface area contributed by atoms with E-state index < -0.39 is 0 Å². The van der Waals surface area contributed by atoms with Gasteiger partial charge in [0.1, 0.15) is 0 Å². The summed E-state index contributed by atoms with van der Waals surface area (Å²) in [5.74, 6) is 0. The molecular formula is C8H9N4S. The smallest absolute Gasteiger partial charge is 0.0824 e. The minimum Gasteiger partial charge on any atom is -0.265 e. The van der Waals surface area contributed by atoms with Crippen LogP contribution in [0.1, 0.15) is 17.8 Å². The van der Waals surface area contributed by atoms with Crippen molar-refractivity contribution >= 4 is 11.3 Å². The van der Waals surface area contributed by atoms with Crippen molar-refractivity contribution in [2.24, 2.45) is 0 Å². The highest BCUT2D eigenvalue weighted by Crippen LogP contribution is 2.08. The first-order valence-corrected chi connectivity index (χ1v) is 4.96. The number of nitrogens with zero attached hydrogens (tertiary/aromatic N) is 3. The quantitative estimate of drug-likeness (QED) is 0.799. The van der Waals surface area contributed by atoms with E-state index in [-0.39, 0.29) is 0 Å². The summed E-state index contributed by atoms with van der Waals surface area (Å²) in [4.78, 5) is 4.15. The molecule has 13 heavy (non-hydrogen) atoms. The lowest BCUT2D eigenvalue weighted by atomic mass is 10.2. The van der Waals surface area contributed by atoms with Crippen LogP contribution in [0.3, 0.4) is 0 Å². The summed E-state index contributed by atoms with van der Waals surface area (Å²) < 4.78 is 0. The molecule has 2 aromatic rings. The van der Waals surface area contributed by atoms with Gasteiger partial charge in [-0.2, -0.15) is 0 Å². The molecule has 1 radical (unpaired) electrons. The zero-order chi connectivity index (χ0) is 8.93. The van der Waals surface area contributed by atoms with Gasteiger partial charge in [-0.1, -0.05) is 5.21 Å². The summed E-state index contributed by atoms with van der Waals surface area (Å²) in [5, 5.41) is 12.2. The molecule has 0 aromatic carbocycles. The van der Waals surface area contributed by atoms with Crippen molar-refractivity contribution in [3.63, 3.8) is 0 Å². The number of nitrogens with one attached hydrogen (secondary N) is 1. The normalized spacial score (nSPS) is 10.5. The fourth-order valence-electron chi connectivity index (χ4n) is 1.04. The van der Waals surface area contributed by atoms with Gasteiger partial charge < -0.3 is 0 Å². The molecule has 0 unspecified atom stereocenters. The molecule has 5 heteroatoms. The van der Waals surface area contributed by atoms with Gasteiger partial charge in [0.05, 0.1) is 16.9 Å². The fourth-order valence-corrected chi connectivity index (χ4v) is 1.58. The van der Waals surface area contributed by atoms with Gasteiger partial charge in [0, 0.05) is 18.0 Å². The van der Waals surface area contributed by atoms with E-state index in [0.29, 0.717) is 0 Å². The molecule has 0 spiro atoms. The second-order valence-electron chi connectivity index (χ2n) is 2.62. The van der Waals surface area contributed by atoms with Crippen LogP contribution in [0.4, 0.5) is 0 Å². The lowest BCUT2D eigenvalue weighted by molar-refractivity contribution is 0.864. The van der Waals surface area contributed by atoms with Crippen molar-refractivity contribution in [1.29, 1.82) is 0 Å². The summed E-state index contributed by atoms with van der Waals surface area (Å²) in [5.41, 5.74) is 3.88. The Kier molecular flexibility index (Phi) is 2.66. The first-order valence-electron chi connectivity index (χ1n) is 4.02. The topological polar surface area (TPSA) is 54.5 Å². The Morgan fingerprint density at radius 2 is 2.54 bits per heavy atom. The number of hydrogen-bond donors (Lipinski definition) is 1. The molecule has 0 saturated carbocycles. The molecule has 1 N–H and O–H groups in total. The third kappa shape index (κ3) is 2.35. The molecule has 67 valence electrons. The van der Waals surface area contributed by atoms with Gasteiger partial charge >= 0.3 is 0 Å². The van der Waals surface area contributed by atoms with Gasteiger partial charge in [0.25, 0.3) is 0 Å². The minimum atomic E-state index is 0.911. The Hall–Kier alpha value is -1.23. The van der Waals surface area contributed by atoms with Gasteiger partial charge in [-0.25, -0.2) is 4.98 Å². The van der Waals surface area contributed by atoms with Gasteiger partial charge in [0.2, 0.25) is 0 Å². The lowest BCUT2D eigenvalue weighted by Crippen LogP contribution is -1.88. The molecule has 0 aliphatic rings. The highest BCUT2D eigenvalue weighted by molar-refractivity contribution is 7.07. The maximum absolute atomic E-state index is 4.15. The van der Waals surface area contributed by atoms with E-state index in [4.69, 9.17) is 0 Å². The van der Waals surface area contributed by atoms with E-state index in [1.165, 1.54) is 0 Å². The van der Waals surface area contributed by atoms with E-state index in [0.717, 1.165) is 24.2 Å². The molecule has 0 fully saturated rings. The van der Waals surface area contributed by atoms with Gasteiger partial charge in [-0.3, -0.25) is 5.10 Å². The number of thiazole rings is 1. The van der Waals surface area contributed by atoms with Gasteiger partial charge in [0.15, 0.2) is 0 Å². The van der Waals surface area contributed by atoms with Crippen molar-refractivity contribution in [3.8, 4) is 0 Å². The summed E-state index contributed by atoms with van der Waals surface area (Å²) in [7, 11) is 0. The molecule has 2 aromatic heterocycles. The first-order chi connectivity index (χ1) is 6.45. The summed E-state index contributed by atoms with van der Waals surface area (Å²) in [6.07, 6.45) is 5.78. The summed E-state index contributed by atoms with van der Waals surface area (Å²) in [6.45, 7) is 0. The average molecular weight is 193 g/mol. The second-order valence-corrected chi connectivity index (χ2v) is 3.34. The van der Waals surface area contributed by atoms with E-state index >= 15 is 0 Å². The number of aryl methyl sites for hydroxylation is 1. The molecule has 0 atom stereocenters. The number of aromatic amines is 1. The van der Waals surface area contributed by atoms with Crippen LogP contribution < -0.4 is 0 Å². The lowest BCUT2D eigenvalue weighted by Gasteiger charge is -1.92. The van der Waals surface area contributed by atoms with Crippen LogP contribution in [0, 0.1) is 6.42 Å². The molecule has 0 saturated heterocycles. The molecular weight excluding hydrogens is 184 g/mol. The molecule has 4 nitrogen and oxygen atoms in total. The maximum atomic E-state index is 4.15. The number of H-pyrrole nitrogens is 1. The second kappa shape index (κ2) is 4.13. The predicted octanol–water partition coefficient (Wildman–Crippen LogP) is 1.45. The van der Waals surface area contributed by atoms with Crippen molar-refractivity contribution < 1.29 is 0 Å². The van der Waals surface area contributed by atoms with Crippen molar-refractivity contribution in [2.75, 3.05) is 0 Å². The maximum Gasteiger partial charge on any atom is 0.0824 e. The average Bonchev–Trinajstić information content (AvgIpc) is 2.75. The Morgan fingerprint density at radius 1 is 1.54 bits per heavy atom. The van der Waals surface area contributed by atoms with E-state index in [9.17, 15) is 0 Å². The monoisotopic (exact) mass is 193 g/mol. The van der Waals surface area contributed by atoms with Crippen molar-refractivity contribution in [3.05, 3.63) is 34.9 Å². The van der Waals surface area contributed by atoms with Crippen molar-refractivity contribution in [2.45, 2.75) is 12.8 Å². The predicted molar refractivity (Wildman–Crippen MR) is 50.2 cm³/mol. The molecule has 0 bridgehead atoms.